The fraction of sp³-hybridized carbons (Fsp3) is 0.571. The van der Waals surface area contributed by atoms with E-state index in [0.717, 1.165) is 0 Å². The van der Waals surface area contributed by atoms with Crippen LogP contribution in [0, 0.1) is 0 Å². The predicted octanol–water partition coefficient (Wildman–Crippen LogP) is 3.91. The van der Waals surface area contributed by atoms with Gasteiger partial charge in [-0.1, -0.05) is 25.1 Å². The Kier molecular flexibility index (Phi) is 5.23. The second-order valence-corrected chi connectivity index (χ2v) is 4.82. The minimum absolute atomic E-state index is 0.299. The zero-order chi connectivity index (χ0) is 14.6. The molecule has 1 aromatic rings. The van der Waals surface area contributed by atoms with Crippen LogP contribution in [0.1, 0.15) is 38.9 Å². The molecule has 1 aromatic carbocycles. The second-order valence-electron chi connectivity index (χ2n) is 4.82. The summed E-state index contributed by atoms with van der Waals surface area (Å²) in [5.41, 5.74) is 0.993. The highest BCUT2D eigenvalue weighted by Crippen LogP contribution is 2.31. The monoisotopic (exact) mass is 275 g/mol. The highest BCUT2D eigenvalue weighted by molar-refractivity contribution is 5.55. The van der Waals surface area contributed by atoms with Crippen molar-refractivity contribution in [2.24, 2.45) is 0 Å². The standard InChI is InChI=1S/C14H20F3NO/c1-4-13(19)11-7-5-6-8-12(11)18(10(2)3)9-14(15,16)17/h5-8,10,13,19H,4,9H2,1-3H3. The molecule has 0 bridgehead atoms. The molecular weight excluding hydrogens is 255 g/mol. The highest BCUT2D eigenvalue weighted by atomic mass is 19.4. The zero-order valence-electron chi connectivity index (χ0n) is 11.4. The van der Waals surface area contributed by atoms with Crippen LogP contribution < -0.4 is 4.90 Å². The molecule has 1 atom stereocenters. The summed E-state index contributed by atoms with van der Waals surface area (Å²) < 4.78 is 38.0. The van der Waals surface area contributed by atoms with Crippen LogP contribution in [-0.2, 0) is 0 Å². The number of rotatable bonds is 5. The Morgan fingerprint density at radius 1 is 1.21 bits per heavy atom. The molecular formula is C14H20F3NO. The van der Waals surface area contributed by atoms with Crippen LogP contribution >= 0.6 is 0 Å². The molecule has 0 saturated carbocycles. The first-order chi connectivity index (χ1) is 8.76. The molecule has 0 amide bonds. The summed E-state index contributed by atoms with van der Waals surface area (Å²) in [4.78, 5) is 1.27. The number of hydrogen-bond acceptors (Lipinski definition) is 2. The molecule has 0 spiro atoms. The molecule has 0 fully saturated rings. The van der Waals surface area contributed by atoms with Gasteiger partial charge in [0.1, 0.15) is 6.54 Å². The van der Waals surface area contributed by atoms with E-state index in [4.69, 9.17) is 0 Å². The maximum atomic E-state index is 12.7. The van der Waals surface area contributed by atoms with Crippen LogP contribution in [0.4, 0.5) is 18.9 Å². The highest BCUT2D eigenvalue weighted by Gasteiger charge is 2.33. The normalized spacial score (nSPS) is 13.7. The van der Waals surface area contributed by atoms with Crippen molar-refractivity contribution in [1.82, 2.24) is 0 Å². The Bertz CT molecular complexity index is 404. The number of nitrogens with zero attached hydrogens (tertiary/aromatic N) is 1. The lowest BCUT2D eigenvalue weighted by Gasteiger charge is -2.32. The number of para-hydroxylation sites is 1. The summed E-state index contributed by atoms with van der Waals surface area (Å²) in [5.74, 6) is 0. The van der Waals surface area contributed by atoms with Crippen LogP contribution in [0.5, 0.6) is 0 Å². The molecule has 5 heteroatoms. The van der Waals surface area contributed by atoms with E-state index in [1.807, 2.05) is 0 Å². The van der Waals surface area contributed by atoms with Gasteiger partial charge in [-0.05, 0) is 26.3 Å². The maximum Gasteiger partial charge on any atom is 0.405 e. The van der Waals surface area contributed by atoms with Crippen LogP contribution in [0.2, 0.25) is 0 Å². The minimum Gasteiger partial charge on any atom is -0.388 e. The molecule has 0 heterocycles. The van der Waals surface area contributed by atoms with E-state index in [1.165, 1.54) is 4.90 Å². The SMILES string of the molecule is CCC(O)c1ccccc1N(CC(F)(F)F)C(C)C. The number of hydrogen-bond donors (Lipinski definition) is 1. The first-order valence-electron chi connectivity index (χ1n) is 6.36. The smallest absolute Gasteiger partial charge is 0.388 e. The first kappa shape index (κ1) is 15.8. The number of halogens is 3. The molecule has 1 unspecified atom stereocenters. The summed E-state index contributed by atoms with van der Waals surface area (Å²) in [5, 5.41) is 9.93. The molecule has 108 valence electrons. The van der Waals surface area contributed by atoms with Gasteiger partial charge in [-0.15, -0.1) is 0 Å². The molecule has 0 aliphatic heterocycles. The minimum atomic E-state index is -4.27. The van der Waals surface area contributed by atoms with E-state index in [0.29, 0.717) is 17.7 Å². The van der Waals surface area contributed by atoms with E-state index >= 15 is 0 Å². The van der Waals surface area contributed by atoms with Crippen molar-refractivity contribution in [3.63, 3.8) is 0 Å². The van der Waals surface area contributed by atoms with Crippen molar-refractivity contribution in [3.05, 3.63) is 29.8 Å². The third-order valence-electron chi connectivity index (χ3n) is 2.96. The largest absolute Gasteiger partial charge is 0.405 e. The number of benzene rings is 1. The molecule has 0 aliphatic carbocycles. The molecule has 19 heavy (non-hydrogen) atoms. The average molecular weight is 275 g/mol. The number of alkyl halides is 3. The van der Waals surface area contributed by atoms with Crippen LogP contribution in [0.15, 0.2) is 24.3 Å². The van der Waals surface area contributed by atoms with Crippen molar-refractivity contribution in [1.29, 1.82) is 0 Å². The lowest BCUT2D eigenvalue weighted by Crippen LogP contribution is -2.39. The van der Waals surface area contributed by atoms with Gasteiger partial charge in [-0.2, -0.15) is 13.2 Å². The average Bonchev–Trinajstić information content (AvgIpc) is 2.33. The Labute approximate surface area is 111 Å². The molecule has 0 aliphatic rings. The third-order valence-corrected chi connectivity index (χ3v) is 2.96. The summed E-state index contributed by atoms with van der Waals surface area (Å²) in [6, 6.07) is 6.42. The fourth-order valence-electron chi connectivity index (χ4n) is 1.99. The quantitative estimate of drug-likeness (QED) is 0.880. The Morgan fingerprint density at radius 3 is 2.26 bits per heavy atom. The maximum absolute atomic E-state index is 12.7. The van der Waals surface area contributed by atoms with E-state index in [9.17, 15) is 18.3 Å². The first-order valence-corrected chi connectivity index (χ1v) is 6.36. The lowest BCUT2D eigenvalue weighted by molar-refractivity contribution is -0.120. The van der Waals surface area contributed by atoms with E-state index in [-0.39, 0.29) is 6.04 Å². The molecule has 1 rings (SSSR count). The van der Waals surface area contributed by atoms with Crippen molar-refractivity contribution >= 4 is 5.69 Å². The van der Waals surface area contributed by atoms with Crippen molar-refractivity contribution in [2.45, 2.75) is 45.5 Å². The van der Waals surface area contributed by atoms with Gasteiger partial charge in [0.2, 0.25) is 0 Å². The molecule has 0 radical (unpaired) electrons. The third kappa shape index (κ3) is 4.42. The Balaban J connectivity index is 3.16. The molecule has 1 N–H and O–H groups in total. The topological polar surface area (TPSA) is 23.5 Å². The van der Waals surface area contributed by atoms with Gasteiger partial charge in [0, 0.05) is 17.3 Å². The van der Waals surface area contributed by atoms with Crippen molar-refractivity contribution in [3.8, 4) is 0 Å². The van der Waals surface area contributed by atoms with E-state index in [1.54, 1.807) is 45.0 Å². The predicted molar refractivity (Wildman–Crippen MR) is 70.2 cm³/mol. The number of aliphatic hydroxyl groups excluding tert-OH is 1. The zero-order valence-corrected chi connectivity index (χ0v) is 11.4. The van der Waals surface area contributed by atoms with Gasteiger partial charge >= 0.3 is 6.18 Å². The van der Waals surface area contributed by atoms with Crippen LogP contribution in [-0.4, -0.2) is 23.9 Å². The number of aliphatic hydroxyl groups is 1. The summed E-state index contributed by atoms with van der Waals surface area (Å²) in [6.07, 6.45) is -4.55. The Morgan fingerprint density at radius 2 is 1.79 bits per heavy atom. The van der Waals surface area contributed by atoms with Gasteiger partial charge in [0.25, 0.3) is 0 Å². The summed E-state index contributed by atoms with van der Waals surface area (Å²) in [6.45, 7) is 4.20. The summed E-state index contributed by atoms with van der Waals surface area (Å²) in [7, 11) is 0. The molecule has 2 nitrogen and oxygen atoms in total. The molecule has 0 aromatic heterocycles. The van der Waals surface area contributed by atoms with Crippen LogP contribution in [0.25, 0.3) is 0 Å². The van der Waals surface area contributed by atoms with Gasteiger partial charge < -0.3 is 10.0 Å². The van der Waals surface area contributed by atoms with Gasteiger partial charge in [-0.25, -0.2) is 0 Å². The second kappa shape index (κ2) is 6.28. The van der Waals surface area contributed by atoms with E-state index < -0.39 is 18.8 Å². The van der Waals surface area contributed by atoms with Gasteiger partial charge in [0.15, 0.2) is 0 Å². The molecule has 0 saturated heterocycles. The van der Waals surface area contributed by atoms with E-state index in [2.05, 4.69) is 0 Å². The van der Waals surface area contributed by atoms with Gasteiger partial charge in [-0.3, -0.25) is 0 Å². The fourth-order valence-corrected chi connectivity index (χ4v) is 1.99. The number of anilines is 1. The van der Waals surface area contributed by atoms with Crippen molar-refractivity contribution < 1.29 is 18.3 Å². The van der Waals surface area contributed by atoms with Gasteiger partial charge in [0.05, 0.1) is 6.10 Å². The van der Waals surface area contributed by atoms with Crippen molar-refractivity contribution in [2.75, 3.05) is 11.4 Å². The Hall–Kier alpha value is -1.23. The summed E-state index contributed by atoms with van der Waals surface area (Å²) >= 11 is 0. The lowest BCUT2D eigenvalue weighted by atomic mass is 10.0. The van der Waals surface area contributed by atoms with Crippen LogP contribution in [0.3, 0.4) is 0 Å².